The zero-order chi connectivity index (χ0) is 19.1. The van der Waals surface area contributed by atoms with Crippen molar-refractivity contribution in [3.8, 4) is 0 Å². The molecule has 2 amide bonds. The highest BCUT2D eigenvalue weighted by molar-refractivity contribution is 7.98. The van der Waals surface area contributed by atoms with Crippen LogP contribution in [0.25, 0.3) is 0 Å². The fraction of sp³-hybridized carbons (Fsp3) is 0.400. The van der Waals surface area contributed by atoms with Crippen LogP contribution in [-0.4, -0.2) is 47.9 Å². The summed E-state index contributed by atoms with van der Waals surface area (Å²) in [6, 6.07) is 7.00. The molecule has 0 N–H and O–H groups in total. The van der Waals surface area contributed by atoms with Gasteiger partial charge in [0.2, 0.25) is 11.8 Å². The lowest BCUT2D eigenvalue weighted by Crippen LogP contribution is -2.38. The molecule has 140 valence electrons. The van der Waals surface area contributed by atoms with Gasteiger partial charge >= 0.3 is 5.97 Å². The van der Waals surface area contributed by atoms with E-state index in [1.165, 1.54) is 0 Å². The van der Waals surface area contributed by atoms with Crippen molar-refractivity contribution in [3.05, 3.63) is 42.0 Å². The fourth-order valence-electron chi connectivity index (χ4n) is 4.30. The van der Waals surface area contributed by atoms with E-state index >= 15 is 0 Å². The molecule has 1 aromatic rings. The van der Waals surface area contributed by atoms with Gasteiger partial charge in [-0.1, -0.05) is 24.3 Å². The van der Waals surface area contributed by atoms with Crippen LogP contribution >= 0.6 is 11.8 Å². The van der Waals surface area contributed by atoms with Gasteiger partial charge in [0.1, 0.15) is 6.54 Å². The van der Waals surface area contributed by atoms with E-state index in [-0.39, 0.29) is 41.3 Å². The number of esters is 1. The summed E-state index contributed by atoms with van der Waals surface area (Å²) in [5, 5.41) is 0. The number of hydrogen-bond donors (Lipinski definition) is 0. The maximum Gasteiger partial charge on any atom is 0.326 e. The predicted octanol–water partition coefficient (Wildman–Crippen LogP) is 1.94. The number of carbonyl (C=O) groups is 4. The number of ether oxygens (including phenoxy) is 1. The molecule has 0 radical (unpaired) electrons. The normalized spacial score (nSPS) is 28.0. The van der Waals surface area contributed by atoms with E-state index in [9.17, 15) is 19.2 Å². The van der Waals surface area contributed by atoms with Crippen LogP contribution in [0.1, 0.15) is 16.8 Å². The molecule has 4 unspecified atom stereocenters. The number of nitrogens with zero attached hydrogens (tertiary/aromatic N) is 1. The second kappa shape index (κ2) is 6.96. The summed E-state index contributed by atoms with van der Waals surface area (Å²) < 4.78 is 5.01. The summed E-state index contributed by atoms with van der Waals surface area (Å²) >= 11 is 1.57. The zero-order valence-corrected chi connectivity index (χ0v) is 15.6. The van der Waals surface area contributed by atoms with E-state index < -0.39 is 19.1 Å². The number of thioether (sulfide) groups is 1. The van der Waals surface area contributed by atoms with Gasteiger partial charge in [0.25, 0.3) is 0 Å². The van der Waals surface area contributed by atoms with E-state index in [0.717, 1.165) is 16.2 Å². The first kappa shape index (κ1) is 18.0. The molecule has 1 aromatic carbocycles. The molecule has 0 spiro atoms. The molecule has 2 bridgehead atoms. The van der Waals surface area contributed by atoms with Crippen LogP contribution in [0.4, 0.5) is 0 Å². The van der Waals surface area contributed by atoms with Crippen LogP contribution in [0.2, 0.25) is 0 Å². The highest BCUT2D eigenvalue weighted by Gasteiger charge is 2.59. The maximum atomic E-state index is 12.5. The van der Waals surface area contributed by atoms with Crippen LogP contribution < -0.4 is 0 Å². The van der Waals surface area contributed by atoms with Crippen molar-refractivity contribution in [1.82, 2.24) is 4.90 Å². The molecule has 0 aromatic heterocycles. The SMILES string of the molecule is CSc1ccc(C(=O)COC(=O)CN2C(=O)C3C4C=CC(C4)C3C2=O)cc1. The Hall–Kier alpha value is -2.41. The summed E-state index contributed by atoms with van der Waals surface area (Å²) in [5.41, 5.74) is 0.450. The van der Waals surface area contributed by atoms with Crippen molar-refractivity contribution in [1.29, 1.82) is 0 Å². The Labute approximate surface area is 160 Å². The van der Waals surface area contributed by atoms with E-state index in [2.05, 4.69) is 0 Å². The lowest BCUT2D eigenvalue weighted by molar-refractivity contribution is -0.152. The largest absolute Gasteiger partial charge is 0.456 e. The summed E-state index contributed by atoms with van der Waals surface area (Å²) in [7, 11) is 0. The van der Waals surface area contributed by atoms with Gasteiger partial charge in [-0.2, -0.15) is 0 Å². The van der Waals surface area contributed by atoms with Crippen LogP contribution in [0, 0.1) is 23.7 Å². The molecule has 1 saturated heterocycles. The lowest BCUT2D eigenvalue weighted by Gasteiger charge is -2.16. The number of Topliss-reactive ketones (excluding diaryl/α,β-unsaturated/α-hetero) is 1. The minimum atomic E-state index is -0.744. The second-order valence-corrected chi connectivity index (χ2v) is 7.95. The zero-order valence-electron chi connectivity index (χ0n) is 14.8. The van der Waals surface area contributed by atoms with Gasteiger partial charge in [0.05, 0.1) is 11.8 Å². The van der Waals surface area contributed by atoms with Gasteiger partial charge in [-0.15, -0.1) is 11.8 Å². The van der Waals surface area contributed by atoms with Gasteiger partial charge in [-0.05, 0) is 36.6 Å². The molecule has 2 fully saturated rings. The Morgan fingerprint density at radius 2 is 1.67 bits per heavy atom. The van der Waals surface area contributed by atoms with Crippen molar-refractivity contribution in [3.63, 3.8) is 0 Å². The Kier molecular flexibility index (Phi) is 4.63. The van der Waals surface area contributed by atoms with Crippen molar-refractivity contribution < 1.29 is 23.9 Å². The fourth-order valence-corrected chi connectivity index (χ4v) is 4.71. The first-order valence-corrected chi connectivity index (χ1v) is 10.1. The van der Waals surface area contributed by atoms with Gasteiger partial charge in [-0.25, -0.2) is 0 Å². The Bertz CT molecular complexity index is 816. The average molecular weight is 385 g/mol. The van der Waals surface area contributed by atoms with Crippen molar-refractivity contribution in [2.45, 2.75) is 11.3 Å². The molecule has 7 heteroatoms. The predicted molar refractivity (Wildman–Crippen MR) is 97.9 cm³/mol. The standard InChI is InChI=1S/C20H19NO5S/c1-27-14-6-4-11(5-7-14)15(22)10-26-16(23)9-21-19(24)17-12-2-3-13(8-12)18(17)20(21)25/h2-7,12-13,17-18H,8-10H2,1H3. The Morgan fingerprint density at radius 1 is 1.07 bits per heavy atom. The highest BCUT2D eigenvalue weighted by Crippen LogP contribution is 2.52. The molecule has 2 aliphatic carbocycles. The maximum absolute atomic E-state index is 12.5. The third-order valence-corrected chi connectivity index (χ3v) is 6.37. The summed E-state index contributed by atoms with van der Waals surface area (Å²) in [5.74, 6) is -2.13. The number of carbonyl (C=O) groups excluding carboxylic acids is 4. The third kappa shape index (κ3) is 3.10. The number of ketones is 1. The number of imide groups is 1. The number of benzene rings is 1. The minimum absolute atomic E-state index is 0.100. The van der Waals surface area contributed by atoms with E-state index in [1.807, 2.05) is 30.5 Å². The monoisotopic (exact) mass is 385 g/mol. The molecular weight excluding hydrogens is 366 g/mol. The Morgan fingerprint density at radius 3 is 2.22 bits per heavy atom. The van der Waals surface area contributed by atoms with Gasteiger partial charge in [0, 0.05) is 10.5 Å². The molecule has 27 heavy (non-hydrogen) atoms. The lowest BCUT2D eigenvalue weighted by atomic mass is 9.85. The second-order valence-electron chi connectivity index (χ2n) is 7.07. The molecule has 1 saturated carbocycles. The average Bonchev–Trinajstić information content (AvgIpc) is 3.36. The van der Waals surface area contributed by atoms with Crippen LogP contribution in [0.5, 0.6) is 0 Å². The summed E-state index contributed by atoms with van der Waals surface area (Å²) in [4.78, 5) is 51.3. The van der Waals surface area contributed by atoms with Crippen LogP contribution in [0.3, 0.4) is 0 Å². The molecular formula is C20H19NO5S. The first-order chi connectivity index (χ1) is 13.0. The van der Waals surface area contributed by atoms with E-state index in [0.29, 0.717) is 5.56 Å². The van der Waals surface area contributed by atoms with E-state index in [4.69, 9.17) is 4.74 Å². The molecule has 1 aliphatic heterocycles. The number of likely N-dealkylation sites (tertiary alicyclic amines) is 1. The summed E-state index contributed by atoms with van der Waals surface area (Å²) in [6.45, 7) is -0.837. The topological polar surface area (TPSA) is 80.8 Å². The van der Waals surface area contributed by atoms with Gasteiger partial charge in [-0.3, -0.25) is 24.1 Å². The molecule has 6 nitrogen and oxygen atoms in total. The number of fused-ring (bicyclic) bond motifs is 5. The number of hydrogen-bond acceptors (Lipinski definition) is 6. The number of amides is 2. The van der Waals surface area contributed by atoms with Crippen LogP contribution in [0.15, 0.2) is 41.3 Å². The molecule has 4 atom stereocenters. The van der Waals surface area contributed by atoms with Crippen molar-refractivity contribution in [2.24, 2.45) is 23.7 Å². The van der Waals surface area contributed by atoms with Gasteiger partial charge < -0.3 is 4.74 Å². The molecule has 4 rings (SSSR count). The van der Waals surface area contributed by atoms with Crippen LogP contribution in [-0.2, 0) is 19.1 Å². The molecule has 3 aliphatic rings. The summed E-state index contributed by atoms with van der Waals surface area (Å²) in [6.07, 6.45) is 6.78. The van der Waals surface area contributed by atoms with Crippen molar-refractivity contribution >= 4 is 35.3 Å². The number of rotatable bonds is 6. The molecule has 1 heterocycles. The minimum Gasteiger partial charge on any atom is -0.456 e. The quantitative estimate of drug-likeness (QED) is 0.245. The third-order valence-electron chi connectivity index (χ3n) is 5.63. The first-order valence-electron chi connectivity index (χ1n) is 8.86. The van der Waals surface area contributed by atoms with Crippen molar-refractivity contribution in [2.75, 3.05) is 19.4 Å². The highest BCUT2D eigenvalue weighted by atomic mass is 32.2. The van der Waals surface area contributed by atoms with Gasteiger partial charge in [0.15, 0.2) is 12.4 Å². The van der Waals surface area contributed by atoms with E-state index in [1.54, 1.807) is 23.9 Å². The smallest absolute Gasteiger partial charge is 0.326 e. The number of allylic oxidation sites excluding steroid dienone is 2. The Balaban J connectivity index is 1.32.